The Bertz CT molecular complexity index is 573. The van der Waals surface area contributed by atoms with Gasteiger partial charge in [0.15, 0.2) is 0 Å². The van der Waals surface area contributed by atoms with Crippen molar-refractivity contribution in [1.82, 2.24) is 4.72 Å². The summed E-state index contributed by atoms with van der Waals surface area (Å²) >= 11 is 5.73. The molecule has 5 nitrogen and oxygen atoms in total. The average molecular weight is 306 g/mol. The number of carbonyl (C=O) groups is 1. The number of carboxylic acid groups (broad SMARTS) is 1. The first-order valence-electron chi connectivity index (χ1n) is 5.70. The molecule has 0 amide bonds. The Labute approximate surface area is 117 Å². The van der Waals surface area contributed by atoms with Gasteiger partial charge in [-0.2, -0.15) is 0 Å². The van der Waals surface area contributed by atoms with Crippen LogP contribution < -0.4 is 4.72 Å². The van der Waals surface area contributed by atoms with Gasteiger partial charge in [-0.15, -0.1) is 0 Å². The largest absolute Gasteiger partial charge is 0.481 e. The van der Waals surface area contributed by atoms with E-state index >= 15 is 0 Å². The third-order valence-corrected chi connectivity index (χ3v) is 4.69. The molecule has 0 aromatic heterocycles. The number of carboxylic acids is 1. The van der Waals surface area contributed by atoms with Crippen LogP contribution in [0.3, 0.4) is 0 Å². The first-order chi connectivity index (χ1) is 8.71. The molecule has 1 aromatic carbocycles. The molecule has 0 spiro atoms. The van der Waals surface area contributed by atoms with E-state index in [2.05, 4.69) is 4.72 Å². The van der Waals surface area contributed by atoms with E-state index in [1.807, 2.05) is 0 Å². The lowest BCUT2D eigenvalue weighted by molar-refractivity contribution is -0.147. The maximum absolute atomic E-state index is 12.0. The molecule has 0 heterocycles. The second-order valence-electron chi connectivity index (χ2n) is 4.50. The summed E-state index contributed by atoms with van der Waals surface area (Å²) in [5.74, 6) is -1.04. The molecule has 0 saturated carbocycles. The number of aliphatic carboxylic acids is 1. The van der Waals surface area contributed by atoms with E-state index in [0.29, 0.717) is 11.4 Å². The van der Waals surface area contributed by atoms with Crippen LogP contribution in [-0.4, -0.2) is 26.0 Å². The van der Waals surface area contributed by atoms with Gasteiger partial charge < -0.3 is 5.11 Å². The summed E-state index contributed by atoms with van der Waals surface area (Å²) in [4.78, 5) is 11.1. The van der Waals surface area contributed by atoms with Gasteiger partial charge in [0, 0.05) is 11.6 Å². The van der Waals surface area contributed by atoms with Gasteiger partial charge in [0.2, 0.25) is 10.0 Å². The fourth-order valence-electron chi connectivity index (χ4n) is 1.32. The highest BCUT2D eigenvalue weighted by Gasteiger charge is 2.32. The van der Waals surface area contributed by atoms with Crippen molar-refractivity contribution in [3.8, 4) is 0 Å². The van der Waals surface area contributed by atoms with E-state index < -0.39 is 21.4 Å². The van der Waals surface area contributed by atoms with Gasteiger partial charge in [-0.05, 0) is 31.5 Å². The summed E-state index contributed by atoms with van der Waals surface area (Å²) in [5.41, 5.74) is -1.13. The van der Waals surface area contributed by atoms with Crippen LogP contribution in [0.25, 0.3) is 0 Å². The minimum absolute atomic E-state index is 0.0174. The highest BCUT2D eigenvalue weighted by molar-refractivity contribution is 7.89. The molecule has 19 heavy (non-hydrogen) atoms. The molecule has 1 aromatic rings. The van der Waals surface area contributed by atoms with Crippen LogP contribution in [0.1, 0.15) is 20.3 Å². The number of nitrogens with one attached hydrogen (secondary N) is 1. The van der Waals surface area contributed by atoms with Gasteiger partial charge in [0.05, 0.1) is 10.3 Å². The fourth-order valence-corrected chi connectivity index (χ4v) is 2.79. The Morgan fingerprint density at radius 1 is 1.47 bits per heavy atom. The van der Waals surface area contributed by atoms with Gasteiger partial charge in [-0.1, -0.05) is 24.6 Å². The topological polar surface area (TPSA) is 83.5 Å². The van der Waals surface area contributed by atoms with Gasteiger partial charge in [-0.3, -0.25) is 4.79 Å². The van der Waals surface area contributed by atoms with Crippen LogP contribution in [-0.2, 0) is 14.8 Å². The molecule has 1 unspecified atom stereocenters. The van der Waals surface area contributed by atoms with Crippen LogP contribution in [0.2, 0.25) is 5.02 Å². The average Bonchev–Trinajstić information content (AvgIpc) is 2.36. The first kappa shape index (κ1) is 15.9. The monoisotopic (exact) mass is 305 g/mol. The molecule has 2 N–H and O–H groups in total. The molecular weight excluding hydrogens is 290 g/mol. The fraction of sp³-hybridized carbons (Fsp3) is 0.417. The van der Waals surface area contributed by atoms with Crippen molar-refractivity contribution < 1.29 is 18.3 Å². The highest BCUT2D eigenvalue weighted by atomic mass is 35.5. The van der Waals surface area contributed by atoms with Crippen LogP contribution in [0.5, 0.6) is 0 Å². The summed E-state index contributed by atoms with van der Waals surface area (Å²) in [6.45, 7) is 3.02. The normalized spacial score (nSPS) is 14.9. The molecule has 0 aliphatic rings. The van der Waals surface area contributed by atoms with E-state index in [1.54, 1.807) is 13.0 Å². The Balaban J connectivity index is 2.90. The summed E-state index contributed by atoms with van der Waals surface area (Å²) in [6.07, 6.45) is 0.320. The van der Waals surface area contributed by atoms with Crippen molar-refractivity contribution in [2.24, 2.45) is 5.41 Å². The zero-order chi connectivity index (χ0) is 14.7. The Morgan fingerprint density at radius 2 is 2.11 bits per heavy atom. The van der Waals surface area contributed by atoms with Crippen LogP contribution in [0, 0.1) is 5.41 Å². The molecule has 0 aliphatic heterocycles. The predicted octanol–water partition coefficient (Wildman–Crippen LogP) is 2.12. The number of halogens is 1. The van der Waals surface area contributed by atoms with E-state index in [0.717, 1.165) is 0 Å². The second-order valence-corrected chi connectivity index (χ2v) is 6.70. The lowest BCUT2D eigenvalue weighted by Crippen LogP contribution is -2.40. The molecule has 1 atom stereocenters. The smallest absolute Gasteiger partial charge is 0.310 e. The molecule has 7 heteroatoms. The van der Waals surface area contributed by atoms with Crippen molar-refractivity contribution in [1.29, 1.82) is 0 Å². The van der Waals surface area contributed by atoms with Crippen LogP contribution >= 0.6 is 11.6 Å². The summed E-state index contributed by atoms with van der Waals surface area (Å²) in [7, 11) is -3.76. The van der Waals surface area contributed by atoms with Crippen molar-refractivity contribution in [2.45, 2.75) is 25.2 Å². The summed E-state index contributed by atoms with van der Waals surface area (Å²) in [5, 5.41) is 9.39. The Hall–Kier alpha value is -1.11. The molecule has 0 fully saturated rings. The van der Waals surface area contributed by atoms with Crippen molar-refractivity contribution in [3.63, 3.8) is 0 Å². The SMILES string of the molecule is CCC(C)(CNS(=O)(=O)c1cccc(Cl)c1)C(=O)O. The van der Waals surface area contributed by atoms with Crippen LogP contribution in [0.15, 0.2) is 29.2 Å². The molecule has 106 valence electrons. The zero-order valence-corrected chi connectivity index (χ0v) is 12.3. The molecule has 0 radical (unpaired) electrons. The Kier molecular flexibility index (Phi) is 4.95. The molecule has 0 aliphatic carbocycles. The number of hydrogen-bond acceptors (Lipinski definition) is 3. The van der Waals surface area contributed by atoms with Crippen molar-refractivity contribution in [2.75, 3.05) is 6.54 Å². The van der Waals surface area contributed by atoms with Crippen molar-refractivity contribution >= 4 is 27.6 Å². The van der Waals surface area contributed by atoms with Gasteiger partial charge in [-0.25, -0.2) is 13.1 Å². The third kappa shape index (κ3) is 3.92. The standard InChI is InChI=1S/C12H16ClNO4S/c1-3-12(2,11(15)16)8-14-19(17,18)10-6-4-5-9(13)7-10/h4-7,14H,3,8H2,1-2H3,(H,15,16). The number of rotatable bonds is 6. The van der Waals surface area contributed by atoms with E-state index in [4.69, 9.17) is 16.7 Å². The second kappa shape index (κ2) is 5.90. The summed E-state index contributed by atoms with van der Waals surface area (Å²) in [6, 6.07) is 5.80. The molecular formula is C12H16ClNO4S. The van der Waals surface area contributed by atoms with E-state index in [9.17, 15) is 13.2 Å². The quantitative estimate of drug-likeness (QED) is 0.843. The molecule has 1 rings (SSSR count). The van der Waals surface area contributed by atoms with E-state index in [1.165, 1.54) is 25.1 Å². The zero-order valence-electron chi connectivity index (χ0n) is 10.7. The lowest BCUT2D eigenvalue weighted by atomic mass is 9.88. The first-order valence-corrected chi connectivity index (χ1v) is 7.56. The third-order valence-electron chi connectivity index (χ3n) is 3.06. The minimum Gasteiger partial charge on any atom is -0.481 e. The number of sulfonamides is 1. The molecule has 0 saturated heterocycles. The lowest BCUT2D eigenvalue weighted by Gasteiger charge is -2.23. The Morgan fingerprint density at radius 3 is 2.58 bits per heavy atom. The summed E-state index contributed by atoms with van der Waals surface area (Å²) < 4.78 is 26.3. The van der Waals surface area contributed by atoms with Crippen molar-refractivity contribution in [3.05, 3.63) is 29.3 Å². The van der Waals surface area contributed by atoms with Gasteiger partial charge >= 0.3 is 5.97 Å². The number of hydrogen-bond donors (Lipinski definition) is 2. The number of benzene rings is 1. The van der Waals surface area contributed by atoms with E-state index in [-0.39, 0.29) is 11.4 Å². The minimum atomic E-state index is -3.76. The highest BCUT2D eigenvalue weighted by Crippen LogP contribution is 2.22. The van der Waals surface area contributed by atoms with Gasteiger partial charge in [0.1, 0.15) is 0 Å². The maximum Gasteiger partial charge on any atom is 0.310 e. The predicted molar refractivity (Wildman–Crippen MR) is 72.7 cm³/mol. The van der Waals surface area contributed by atoms with Gasteiger partial charge in [0.25, 0.3) is 0 Å². The molecule has 0 bridgehead atoms. The van der Waals surface area contributed by atoms with Crippen LogP contribution in [0.4, 0.5) is 0 Å². The maximum atomic E-state index is 12.0.